The lowest BCUT2D eigenvalue weighted by Crippen LogP contribution is -2.14. The predicted octanol–water partition coefficient (Wildman–Crippen LogP) is 2.22. The third-order valence-electron chi connectivity index (χ3n) is 2.90. The Morgan fingerprint density at radius 1 is 1.32 bits per heavy atom. The molecule has 0 unspecified atom stereocenters. The Morgan fingerprint density at radius 2 is 2.05 bits per heavy atom. The molecule has 5 nitrogen and oxygen atoms in total. The van der Waals surface area contributed by atoms with Gasteiger partial charge >= 0.3 is 0 Å². The maximum Gasteiger partial charge on any atom is 0.272 e. The number of rotatable bonds is 3. The summed E-state index contributed by atoms with van der Waals surface area (Å²) < 4.78 is 0. The first-order chi connectivity index (χ1) is 8.97. The fraction of sp³-hybridized carbons (Fsp3) is 0.214. The second kappa shape index (κ2) is 5.06. The number of nitrogen functional groups attached to an aromatic ring is 1. The van der Waals surface area contributed by atoms with Crippen molar-refractivity contribution in [3.05, 3.63) is 41.7 Å². The van der Waals surface area contributed by atoms with Crippen molar-refractivity contribution < 1.29 is 4.79 Å². The monoisotopic (exact) mass is 258 g/mol. The molecule has 2 rings (SSSR count). The summed E-state index contributed by atoms with van der Waals surface area (Å²) in [5.41, 5.74) is 9.56. The summed E-state index contributed by atoms with van der Waals surface area (Å²) in [6.07, 6.45) is 1.59. The van der Waals surface area contributed by atoms with Gasteiger partial charge in [-0.15, -0.1) is 0 Å². The van der Waals surface area contributed by atoms with E-state index in [2.05, 4.69) is 10.3 Å². The first-order valence-corrected chi connectivity index (χ1v) is 6.00. The highest BCUT2D eigenvalue weighted by molar-refractivity contribution is 6.03. The standard InChI is InChI=1S/C14H18N4O/c1-9-4-5-11(7-13(9)18(2)3)17-14(19)12-6-10(15)8-16-12/h4-8,16H,15H2,1-3H3,(H,17,19). The lowest BCUT2D eigenvalue weighted by Gasteiger charge is -2.17. The normalized spacial score (nSPS) is 10.3. The molecular formula is C14H18N4O. The number of benzene rings is 1. The largest absolute Gasteiger partial charge is 0.397 e. The van der Waals surface area contributed by atoms with Crippen molar-refractivity contribution in [1.82, 2.24) is 4.98 Å². The van der Waals surface area contributed by atoms with Crippen molar-refractivity contribution in [1.29, 1.82) is 0 Å². The number of carbonyl (C=O) groups excluding carboxylic acids is 1. The molecule has 0 spiro atoms. The van der Waals surface area contributed by atoms with Gasteiger partial charge in [-0.2, -0.15) is 0 Å². The van der Waals surface area contributed by atoms with Crippen LogP contribution in [0.4, 0.5) is 17.1 Å². The first kappa shape index (κ1) is 13.0. The lowest BCUT2D eigenvalue weighted by molar-refractivity contribution is 0.102. The van der Waals surface area contributed by atoms with Gasteiger partial charge in [-0.05, 0) is 30.7 Å². The van der Waals surface area contributed by atoms with Gasteiger partial charge in [-0.3, -0.25) is 4.79 Å². The van der Waals surface area contributed by atoms with Gasteiger partial charge in [0, 0.05) is 37.4 Å². The number of aryl methyl sites for hydroxylation is 1. The number of aromatic nitrogens is 1. The summed E-state index contributed by atoms with van der Waals surface area (Å²) in [6.45, 7) is 2.03. The van der Waals surface area contributed by atoms with E-state index in [9.17, 15) is 4.79 Å². The minimum Gasteiger partial charge on any atom is -0.397 e. The van der Waals surface area contributed by atoms with E-state index in [1.807, 2.05) is 44.1 Å². The number of hydrogen-bond acceptors (Lipinski definition) is 3. The Labute approximate surface area is 112 Å². The van der Waals surface area contributed by atoms with Crippen LogP contribution in [0.2, 0.25) is 0 Å². The van der Waals surface area contributed by atoms with E-state index in [0.717, 1.165) is 16.9 Å². The molecule has 0 aliphatic heterocycles. The van der Waals surface area contributed by atoms with Gasteiger partial charge in [-0.1, -0.05) is 6.07 Å². The zero-order chi connectivity index (χ0) is 14.0. The predicted molar refractivity (Wildman–Crippen MR) is 78.7 cm³/mol. The van der Waals surface area contributed by atoms with Gasteiger partial charge in [0.2, 0.25) is 0 Å². The molecule has 1 heterocycles. The quantitative estimate of drug-likeness (QED) is 0.790. The highest BCUT2D eigenvalue weighted by atomic mass is 16.1. The highest BCUT2D eigenvalue weighted by Crippen LogP contribution is 2.22. The third-order valence-corrected chi connectivity index (χ3v) is 2.90. The minimum absolute atomic E-state index is 0.203. The molecule has 0 saturated carbocycles. The molecule has 1 aromatic carbocycles. The molecule has 0 aliphatic rings. The van der Waals surface area contributed by atoms with Crippen LogP contribution < -0.4 is 16.0 Å². The Hall–Kier alpha value is -2.43. The Kier molecular flexibility index (Phi) is 3.46. The molecule has 0 aliphatic carbocycles. The van der Waals surface area contributed by atoms with Crippen LogP contribution in [0.5, 0.6) is 0 Å². The molecule has 0 saturated heterocycles. The number of amides is 1. The van der Waals surface area contributed by atoms with Gasteiger partial charge < -0.3 is 20.9 Å². The molecule has 0 fully saturated rings. The van der Waals surface area contributed by atoms with Crippen molar-refractivity contribution in [2.24, 2.45) is 0 Å². The number of nitrogens with one attached hydrogen (secondary N) is 2. The maximum atomic E-state index is 12.0. The summed E-state index contributed by atoms with van der Waals surface area (Å²) in [5, 5.41) is 2.84. The summed E-state index contributed by atoms with van der Waals surface area (Å²) in [6, 6.07) is 7.41. The van der Waals surface area contributed by atoms with Gasteiger partial charge in [0.05, 0.1) is 0 Å². The van der Waals surface area contributed by atoms with Crippen LogP contribution in [0, 0.1) is 6.92 Å². The molecular weight excluding hydrogens is 240 g/mol. The van der Waals surface area contributed by atoms with Crippen molar-refractivity contribution in [3.63, 3.8) is 0 Å². The van der Waals surface area contributed by atoms with E-state index >= 15 is 0 Å². The van der Waals surface area contributed by atoms with Crippen LogP contribution in [0.1, 0.15) is 16.1 Å². The summed E-state index contributed by atoms with van der Waals surface area (Å²) >= 11 is 0. The average molecular weight is 258 g/mol. The van der Waals surface area contributed by atoms with E-state index in [4.69, 9.17) is 5.73 Å². The second-order valence-electron chi connectivity index (χ2n) is 4.70. The van der Waals surface area contributed by atoms with Gasteiger partial charge in [0.15, 0.2) is 0 Å². The highest BCUT2D eigenvalue weighted by Gasteiger charge is 2.09. The third kappa shape index (κ3) is 2.88. The number of carbonyl (C=O) groups is 1. The van der Waals surface area contributed by atoms with E-state index < -0.39 is 0 Å². The number of nitrogens with two attached hydrogens (primary N) is 1. The summed E-state index contributed by atoms with van der Waals surface area (Å²) in [7, 11) is 3.94. The summed E-state index contributed by atoms with van der Waals surface area (Å²) in [4.78, 5) is 16.8. The van der Waals surface area contributed by atoms with E-state index in [1.165, 1.54) is 0 Å². The topological polar surface area (TPSA) is 74.1 Å². The molecule has 100 valence electrons. The molecule has 4 N–H and O–H groups in total. The van der Waals surface area contributed by atoms with Crippen LogP contribution in [0.15, 0.2) is 30.5 Å². The summed E-state index contributed by atoms with van der Waals surface area (Å²) in [5.74, 6) is -0.203. The maximum absolute atomic E-state index is 12.0. The van der Waals surface area contributed by atoms with Crippen molar-refractivity contribution >= 4 is 23.0 Å². The molecule has 5 heteroatoms. The SMILES string of the molecule is Cc1ccc(NC(=O)c2cc(N)c[nH]2)cc1N(C)C. The fourth-order valence-electron chi connectivity index (χ4n) is 1.91. The van der Waals surface area contributed by atoms with E-state index in [-0.39, 0.29) is 5.91 Å². The number of hydrogen-bond donors (Lipinski definition) is 3. The Morgan fingerprint density at radius 3 is 2.63 bits per heavy atom. The zero-order valence-corrected chi connectivity index (χ0v) is 11.3. The average Bonchev–Trinajstić information content (AvgIpc) is 2.78. The first-order valence-electron chi connectivity index (χ1n) is 6.00. The molecule has 1 amide bonds. The van der Waals surface area contributed by atoms with E-state index in [1.54, 1.807) is 12.3 Å². The zero-order valence-electron chi connectivity index (χ0n) is 11.3. The van der Waals surface area contributed by atoms with Crippen molar-refractivity contribution in [2.45, 2.75) is 6.92 Å². The molecule has 0 bridgehead atoms. The molecule has 19 heavy (non-hydrogen) atoms. The molecule has 2 aromatic rings. The van der Waals surface area contributed by atoms with Gasteiger partial charge in [0.1, 0.15) is 5.69 Å². The van der Waals surface area contributed by atoms with Crippen LogP contribution in [-0.4, -0.2) is 25.0 Å². The Bertz CT molecular complexity index is 601. The van der Waals surface area contributed by atoms with Crippen LogP contribution in [0.3, 0.4) is 0 Å². The fourth-order valence-corrected chi connectivity index (χ4v) is 1.91. The van der Waals surface area contributed by atoms with Crippen LogP contribution in [-0.2, 0) is 0 Å². The Balaban J connectivity index is 2.20. The molecule has 0 atom stereocenters. The number of nitrogens with zero attached hydrogens (tertiary/aromatic N) is 1. The van der Waals surface area contributed by atoms with Crippen molar-refractivity contribution in [2.75, 3.05) is 30.0 Å². The van der Waals surface area contributed by atoms with Crippen LogP contribution in [0.25, 0.3) is 0 Å². The number of aromatic amines is 1. The molecule has 1 aromatic heterocycles. The number of H-pyrrole nitrogens is 1. The number of anilines is 3. The lowest BCUT2D eigenvalue weighted by atomic mass is 10.1. The second-order valence-corrected chi connectivity index (χ2v) is 4.70. The minimum atomic E-state index is -0.203. The van der Waals surface area contributed by atoms with Crippen LogP contribution >= 0.6 is 0 Å². The smallest absolute Gasteiger partial charge is 0.272 e. The molecule has 0 radical (unpaired) electrons. The van der Waals surface area contributed by atoms with Gasteiger partial charge in [-0.25, -0.2) is 0 Å². The van der Waals surface area contributed by atoms with Crippen molar-refractivity contribution in [3.8, 4) is 0 Å². The van der Waals surface area contributed by atoms with Gasteiger partial charge in [0.25, 0.3) is 5.91 Å². The van der Waals surface area contributed by atoms with E-state index in [0.29, 0.717) is 11.4 Å².